The van der Waals surface area contributed by atoms with Crippen LogP contribution >= 0.6 is 11.6 Å². The highest BCUT2D eigenvalue weighted by molar-refractivity contribution is 7.93. The number of nitrogens with one attached hydrogen (secondary N) is 3. The molecule has 0 spiro atoms. The van der Waals surface area contributed by atoms with Crippen molar-refractivity contribution in [3.8, 4) is 22.8 Å². The van der Waals surface area contributed by atoms with Gasteiger partial charge >= 0.3 is 0 Å². The molecule has 1 aliphatic rings. The van der Waals surface area contributed by atoms with E-state index in [0.717, 1.165) is 35.1 Å². The maximum atomic E-state index is 12.8. The van der Waals surface area contributed by atoms with Gasteiger partial charge in [-0.15, -0.1) is 0 Å². The van der Waals surface area contributed by atoms with Crippen LogP contribution in [0.5, 0.6) is 11.5 Å². The minimum absolute atomic E-state index is 0.0713. The zero-order valence-corrected chi connectivity index (χ0v) is 19.6. The van der Waals surface area contributed by atoms with Crippen molar-refractivity contribution in [2.45, 2.75) is 23.0 Å². The summed E-state index contributed by atoms with van der Waals surface area (Å²) in [5.41, 5.74) is 2.83. The first-order valence-corrected chi connectivity index (χ1v) is 12.3. The Morgan fingerprint density at radius 2 is 1.97 bits per heavy atom. The van der Waals surface area contributed by atoms with E-state index in [1.54, 1.807) is 25.3 Å². The van der Waals surface area contributed by atoms with Crippen molar-refractivity contribution in [3.63, 3.8) is 0 Å². The smallest absolute Gasteiger partial charge is 0.227 e. The summed E-state index contributed by atoms with van der Waals surface area (Å²) in [7, 11) is 0.324. The van der Waals surface area contributed by atoms with Crippen molar-refractivity contribution in [2.75, 3.05) is 19.5 Å². The van der Waals surface area contributed by atoms with Crippen LogP contribution in [-0.2, 0) is 9.73 Å². The summed E-state index contributed by atoms with van der Waals surface area (Å²) in [6.45, 7) is 0. The molecule has 2 aromatic heterocycles. The highest BCUT2D eigenvalue weighted by Crippen LogP contribution is 2.39. The number of anilines is 2. The summed E-state index contributed by atoms with van der Waals surface area (Å²) in [6, 6.07) is 10.8. The van der Waals surface area contributed by atoms with Gasteiger partial charge in [0.2, 0.25) is 5.95 Å². The van der Waals surface area contributed by atoms with Gasteiger partial charge in [0.25, 0.3) is 0 Å². The predicted octanol–water partition coefficient (Wildman–Crippen LogP) is 5.61. The Hall–Kier alpha value is -3.30. The van der Waals surface area contributed by atoms with Gasteiger partial charge in [-0.2, -0.15) is 0 Å². The molecule has 0 radical (unpaired) electrons. The Kier molecular flexibility index (Phi) is 5.38. The van der Waals surface area contributed by atoms with Crippen LogP contribution in [0.15, 0.2) is 53.7 Å². The van der Waals surface area contributed by atoms with Gasteiger partial charge < -0.3 is 19.8 Å². The van der Waals surface area contributed by atoms with E-state index in [2.05, 4.69) is 20.3 Å². The van der Waals surface area contributed by atoms with E-state index in [4.69, 9.17) is 25.9 Å². The summed E-state index contributed by atoms with van der Waals surface area (Å²) in [4.78, 5) is 12.6. The Morgan fingerprint density at radius 1 is 1.18 bits per heavy atom. The molecule has 2 aromatic carbocycles. The number of aromatic amines is 1. The second-order valence-electron chi connectivity index (χ2n) is 7.76. The van der Waals surface area contributed by atoms with E-state index >= 15 is 0 Å². The summed E-state index contributed by atoms with van der Waals surface area (Å²) in [5.74, 6) is 1.51. The number of halogens is 1. The second kappa shape index (κ2) is 8.24. The number of hydrogen-bond acceptors (Lipinski definition) is 7. The van der Waals surface area contributed by atoms with Crippen LogP contribution in [0.4, 0.5) is 11.6 Å². The molecule has 170 valence electrons. The van der Waals surface area contributed by atoms with E-state index < -0.39 is 9.73 Å². The SMILES string of the molecule is COc1cc(S(=N)(=O)C2CC2)ccc1Nc1ncc(Cl)c(-c2c[nH]c3c(OC)cccc23)n1. The number of ether oxygens (including phenoxy) is 2. The standard InChI is InChI=1S/C23H22ClN5O3S/c1-31-19-5-3-4-15-16(11-26-22(15)19)21-17(24)12-27-23(29-21)28-18-9-8-14(10-20(18)32-2)33(25,30)13-6-7-13/h3-5,8-13,25-26H,6-7H2,1-2H3,(H,27,28,29). The molecular formula is C23H22ClN5O3S. The van der Waals surface area contributed by atoms with Crippen molar-refractivity contribution < 1.29 is 13.7 Å². The highest BCUT2D eigenvalue weighted by atomic mass is 35.5. The highest BCUT2D eigenvalue weighted by Gasteiger charge is 2.34. The van der Waals surface area contributed by atoms with E-state index in [0.29, 0.717) is 33.0 Å². The fourth-order valence-electron chi connectivity index (χ4n) is 3.79. The van der Waals surface area contributed by atoms with Gasteiger partial charge in [0.05, 0.1) is 57.0 Å². The lowest BCUT2D eigenvalue weighted by Gasteiger charge is -2.14. The summed E-state index contributed by atoms with van der Waals surface area (Å²) >= 11 is 6.45. The molecular weight excluding hydrogens is 462 g/mol. The molecule has 0 saturated heterocycles. The van der Waals surface area contributed by atoms with E-state index in [1.165, 1.54) is 13.3 Å². The molecule has 1 saturated carbocycles. The van der Waals surface area contributed by atoms with Crippen LogP contribution in [0, 0.1) is 4.78 Å². The fraction of sp³-hybridized carbons (Fsp3) is 0.217. The van der Waals surface area contributed by atoms with Gasteiger partial charge in [0.1, 0.15) is 11.5 Å². The van der Waals surface area contributed by atoms with Crippen LogP contribution < -0.4 is 14.8 Å². The number of H-pyrrole nitrogens is 1. The van der Waals surface area contributed by atoms with Gasteiger partial charge in [0, 0.05) is 22.4 Å². The number of benzene rings is 2. The van der Waals surface area contributed by atoms with Crippen molar-refractivity contribution in [1.29, 1.82) is 4.78 Å². The average Bonchev–Trinajstić information content (AvgIpc) is 3.60. The number of rotatable bonds is 7. The Labute approximate surface area is 196 Å². The van der Waals surface area contributed by atoms with Gasteiger partial charge in [-0.3, -0.25) is 0 Å². The van der Waals surface area contributed by atoms with Crippen LogP contribution in [-0.4, -0.2) is 38.6 Å². The Morgan fingerprint density at radius 3 is 2.70 bits per heavy atom. The van der Waals surface area contributed by atoms with Crippen LogP contribution in [0.2, 0.25) is 5.02 Å². The van der Waals surface area contributed by atoms with Crippen molar-refractivity contribution in [2.24, 2.45) is 0 Å². The molecule has 0 amide bonds. The van der Waals surface area contributed by atoms with Crippen LogP contribution in [0.1, 0.15) is 12.8 Å². The number of methoxy groups -OCH3 is 2. The number of fused-ring (bicyclic) bond motifs is 1. The van der Waals surface area contributed by atoms with Crippen molar-refractivity contribution in [1.82, 2.24) is 15.0 Å². The monoisotopic (exact) mass is 483 g/mol. The van der Waals surface area contributed by atoms with E-state index in [-0.39, 0.29) is 5.25 Å². The molecule has 0 aliphatic heterocycles. The molecule has 0 bridgehead atoms. The molecule has 1 fully saturated rings. The van der Waals surface area contributed by atoms with Crippen LogP contribution in [0.3, 0.4) is 0 Å². The topological polar surface area (TPSA) is 113 Å². The number of hydrogen-bond donors (Lipinski definition) is 3. The zero-order valence-electron chi connectivity index (χ0n) is 18.0. The number of para-hydroxylation sites is 1. The van der Waals surface area contributed by atoms with Crippen molar-refractivity contribution in [3.05, 3.63) is 53.8 Å². The van der Waals surface area contributed by atoms with Gasteiger partial charge in [-0.1, -0.05) is 23.7 Å². The number of aromatic nitrogens is 3. The quantitative estimate of drug-likeness (QED) is 0.315. The Balaban J connectivity index is 1.51. The van der Waals surface area contributed by atoms with Gasteiger partial charge in [-0.25, -0.2) is 19.0 Å². The van der Waals surface area contributed by atoms with Crippen LogP contribution in [0.25, 0.3) is 22.2 Å². The molecule has 1 atom stereocenters. The Bertz CT molecular complexity index is 1460. The molecule has 1 unspecified atom stereocenters. The van der Waals surface area contributed by atoms with Crippen molar-refractivity contribution >= 4 is 43.9 Å². The third-order valence-electron chi connectivity index (χ3n) is 5.66. The third-order valence-corrected chi connectivity index (χ3v) is 8.30. The molecule has 4 aromatic rings. The van der Waals surface area contributed by atoms with Gasteiger partial charge in [-0.05, 0) is 37.1 Å². The maximum absolute atomic E-state index is 12.8. The molecule has 5 rings (SSSR count). The first kappa shape index (κ1) is 21.5. The fourth-order valence-corrected chi connectivity index (χ4v) is 5.72. The summed E-state index contributed by atoms with van der Waals surface area (Å²) in [6.07, 6.45) is 5.02. The molecule has 33 heavy (non-hydrogen) atoms. The lowest BCUT2D eigenvalue weighted by molar-refractivity contribution is 0.415. The molecule has 2 heterocycles. The predicted molar refractivity (Wildman–Crippen MR) is 129 cm³/mol. The lowest BCUT2D eigenvalue weighted by atomic mass is 10.1. The maximum Gasteiger partial charge on any atom is 0.227 e. The normalized spacial score (nSPS) is 15.2. The molecule has 3 N–H and O–H groups in total. The van der Waals surface area contributed by atoms with E-state index in [9.17, 15) is 4.21 Å². The minimum Gasteiger partial charge on any atom is -0.495 e. The largest absolute Gasteiger partial charge is 0.495 e. The average molecular weight is 484 g/mol. The van der Waals surface area contributed by atoms with Gasteiger partial charge in [0.15, 0.2) is 0 Å². The number of nitrogens with zero attached hydrogens (tertiary/aromatic N) is 2. The first-order chi connectivity index (χ1) is 15.9. The first-order valence-electron chi connectivity index (χ1n) is 10.3. The molecule has 8 nitrogen and oxygen atoms in total. The second-order valence-corrected chi connectivity index (χ2v) is 10.5. The molecule has 1 aliphatic carbocycles. The lowest BCUT2D eigenvalue weighted by Crippen LogP contribution is -2.06. The summed E-state index contributed by atoms with van der Waals surface area (Å²) < 4.78 is 32.0. The summed E-state index contributed by atoms with van der Waals surface area (Å²) in [5, 5.41) is 4.41. The van der Waals surface area contributed by atoms with E-state index in [1.807, 2.05) is 24.4 Å². The zero-order chi connectivity index (χ0) is 23.2. The minimum atomic E-state index is -2.83. The molecule has 10 heteroatoms. The third kappa shape index (κ3) is 3.87.